The van der Waals surface area contributed by atoms with E-state index in [-0.39, 0.29) is 28.6 Å². The highest BCUT2D eigenvalue weighted by Crippen LogP contribution is 2.29. The van der Waals surface area contributed by atoms with E-state index in [1.165, 1.54) is 25.3 Å². The van der Waals surface area contributed by atoms with Crippen LogP contribution in [0.25, 0.3) is 0 Å². The van der Waals surface area contributed by atoms with Crippen LogP contribution in [0.5, 0.6) is 5.75 Å². The van der Waals surface area contributed by atoms with Gasteiger partial charge in [-0.25, -0.2) is 0 Å². The van der Waals surface area contributed by atoms with Crippen molar-refractivity contribution in [2.24, 2.45) is 5.92 Å². The Kier molecular flexibility index (Phi) is 4.67. The molecule has 7 heteroatoms. The largest absolute Gasteiger partial charge is 0.490 e. The van der Waals surface area contributed by atoms with Gasteiger partial charge in [-0.2, -0.15) is 0 Å². The van der Waals surface area contributed by atoms with E-state index in [0.717, 1.165) is 6.42 Å². The van der Waals surface area contributed by atoms with Gasteiger partial charge in [0, 0.05) is 36.2 Å². The number of methoxy groups -OCH3 is 1. The normalized spacial score (nSPS) is 22.0. The first-order valence-corrected chi connectivity index (χ1v) is 7.13. The summed E-state index contributed by atoms with van der Waals surface area (Å²) in [7, 11) is 1.34. The fraction of sp³-hybridized carbons (Fsp3) is 0.500. The molecule has 114 valence electrons. The zero-order valence-corrected chi connectivity index (χ0v) is 12.7. The minimum Gasteiger partial charge on any atom is -0.490 e. The number of ether oxygens (including phenoxy) is 1. The van der Waals surface area contributed by atoms with Gasteiger partial charge in [0.15, 0.2) is 5.75 Å². The molecule has 1 heterocycles. The van der Waals surface area contributed by atoms with Crippen molar-refractivity contribution in [2.45, 2.75) is 18.7 Å². The molecule has 1 aromatic rings. The summed E-state index contributed by atoms with van der Waals surface area (Å²) in [5, 5.41) is 10.9. The number of hydrogen-bond acceptors (Lipinski definition) is 4. The smallest absolute Gasteiger partial charge is 0.310 e. The standard InChI is InChI=1S/C14H17ClN2O4/c1-9-8-16(6-5-11(9)15)14(18)10-3-4-12(17(19)20)13(7-10)21-2/h3-4,7,9,11H,5-6,8H2,1-2H3. The van der Waals surface area contributed by atoms with Crippen LogP contribution in [-0.2, 0) is 0 Å². The number of nitro benzene ring substituents is 1. The molecule has 1 fully saturated rings. The second-order valence-corrected chi connectivity index (χ2v) is 5.74. The first-order valence-electron chi connectivity index (χ1n) is 6.69. The van der Waals surface area contributed by atoms with Gasteiger partial charge in [0.05, 0.1) is 12.0 Å². The van der Waals surface area contributed by atoms with E-state index >= 15 is 0 Å². The molecule has 1 aliphatic heterocycles. The number of carbonyl (C=O) groups is 1. The molecule has 0 aromatic heterocycles. The molecule has 0 N–H and O–H groups in total. The summed E-state index contributed by atoms with van der Waals surface area (Å²) >= 11 is 6.15. The fourth-order valence-corrected chi connectivity index (χ4v) is 2.62. The topological polar surface area (TPSA) is 72.7 Å². The Morgan fingerprint density at radius 3 is 2.81 bits per heavy atom. The quantitative estimate of drug-likeness (QED) is 0.488. The van der Waals surface area contributed by atoms with Gasteiger partial charge < -0.3 is 9.64 Å². The maximum Gasteiger partial charge on any atom is 0.310 e. The Morgan fingerprint density at radius 1 is 1.52 bits per heavy atom. The Balaban J connectivity index is 2.22. The molecule has 0 spiro atoms. The highest BCUT2D eigenvalue weighted by molar-refractivity contribution is 6.20. The van der Waals surface area contributed by atoms with Crippen molar-refractivity contribution in [3.8, 4) is 5.75 Å². The van der Waals surface area contributed by atoms with Crippen LogP contribution in [0.3, 0.4) is 0 Å². The molecule has 0 saturated carbocycles. The number of amides is 1. The Labute approximate surface area is 127 Å². The van der Waals surface area contributed by atoms with Gasteiger partial charge in [-0.05, 0) is 18.4 Å². The summed E-state index contributed by atoms with van der Waals surface area (Å²) in [5.41, 5.74) is 0.236. The third-order valence-electron chi connectivity index (χ3n) is 3.71. The molecule has 2 unspecified atom stereocenters. The van der Waals surface area contributed by atoms with Crippen molar-refractivity contribution in [3.05, 3.63) is 33.9 Å². The van der Waals surface area contributed by atoms with E-state index in [2.05, 4.69) is 0 Å². The van der Waals surface area contributed by atoms with Crippen molar-refractivity contribution >= 4 is 23.2 Å². The van der Waals surface area contributed by atoms with Gasteiger partial charge in [-0.15, -0.1) is 11.6 Å². The summed E-state index contributed by atoms with van der Waals surface area (Å²) in [5.74, 6) is 0.161. The van der Waals surface area contributed by atoms with Crippen LogP contribution in [0.2, 0.25) is 0 Å². The summed E-state index contributed by atoms with van der Waals surface area (Å²) in [6, 6.07) is 4.17. The fourth-order valence-electron chi connectivity index (χ4n) is 2.45. The molecule has 0 bridgehead atoms. The van der Waals surface area contributed by atoms with Crippen molar-refractivity contribution in [3.63, 3.8) is 0 Å². The highest BCUT2D eigenvalue weighted by atomic mass is 35.5. The van der Waals surface area contributed by atoms with Crippen LogP contribution in [0, 0.1) is 16.0 Å². The average Bonchev–Trinajstić information content (AvgIpc) is 2.48. The Hall–Kier alpha value is -1.82. The van der Waals surface area contributed by atoms with E-state index in [4.69, 9.17) is 16.3 Å². The van der Waals surface area contributed by atoms with Crippen LogP contribution in [0.4, 0.5) is 5.69 Å². The molecule has 2 atom stereocenters. The molecule has 1 aliphatic rings. The van der Waals surface area contributed by atoms with Crippen molar-refractivity contribution in [1.82, 2.24) is 4.90 Å². The number of nitrogens with zero attached hydrogens (tertiary/aromatic N) is 2. The zero-order valence-electron chi connectivity index (χ0n) is 11.9. The first-order chi connectivity index (χ1) is 9.93. The lowest BCUT2D eigenvalue weighted by Crippen LogP contribution is -2.43. The van der Waals surface area contributed by atoms with Crippen LogP contribution < -0.4 is 4.74 Å². The number of carbonyl (C=O) groups excluding carboxylic acids is 1. The van der Waals surface area contributed by atoms with E-state index in [0.29, 0.717) is 18.7 Å². The van der Waals surface area contributed by atoms with Gasteiger partial charge in [0.1, 0.15) is 0 Å². The second kappa shape index (κ2) is 6.30. The van der Waals surface area contributed by atoms with E-state index in [9.17, 15) is 14.9 Å². The van der Waals surface area contributed by atoms with E-state index in [1.54, 1.807) is 4.90 Å². The molecule has 0 radical (unpaired) electrons. The SMILES string of the molecule is COc1cc(C(=O)N2CCC(Cl)C(C)C2)ccc1[N+](=O)[O-]. The Morgan fingerprint density at radius 2 is 2.24 bits per heavy atom. The molecule has 1 amide bonds. The molecule has 0 aliphatic carbocycles. The average molecular weight is 313 g/mol. The highest BCUT2D eigenvalue weighted by Gasteiger charge is 2.28. The maximum atomic E-state index is 12.5. The monoisotopic (exact) mass is 312 g/mol. The molecule has 1 saturated heterocycles. The molecule has 1 aromatic carbocycles. The van der Waals surface area contributed by atoms with Crippen LogP contribution in [0.1, 0.15) is 23.7 Å². The minimum absolute atomic E-state index is 0.0837. The third kappa shape index (κ3) is 3.26. The van der Waals surface area contributed by atoms with Gasteiger partial charge in [-0.1, -0.05) is 6.92 Å². The van der Waals surface area contributed by atoms with E-state index in [1.807, 2.05) is 6.92 Å². The zero-order chi connectivity index (χ0) is 15.6. The number of piperidine rings is 1. The van der Waals surface area contributed by atoms with Gasteiger partial charge in [0.2, 0.25) is 0 Å². The summed E-state index contributed by atoms with van der Waals surface area (Å²) < 4.78 is 4.99. The predicted octanol–water partition coefficient (Wildman–Crippen LogP) is 2.69. The molecular formula is C14H17ClN2O4. The summed E-state index contributed by atoms with van der Waals surface area (Å²) in [4.78, 5) is 24.5. The van der Waals surface area contributed by atoms with Gasteiger partial charge >= 0.3 is 5.69 Å². The van der Waals surface area contributed by atoms with Crippen LogP contribution in [0.15, 0.2) is 18.2 Å². The second-order valence-electron chi connectivity index (χ2n) is 5.18. The number of nitro groups is 1. The third-order valence-corrected chi connectivity index (χ3v) is 4.36. The minimum atomic E-state index is -0.534. The summed E-state index contributed by atoms with van der Waals surface area (Å²) in [6.45, 7) is 3.19. The molecule has 21 heavy (non-hydrogen) atoms. The Bertz CT molecular complexity index is 564. The number of rotatable bonds is 3. The van der Waals surface area contributed by atoms with Gasteiger partial charge in [0.25, 0.3) is 5.91 Å². The van der Waals surface area contributed by atoms with Crippen molar-refractivity contribution in [2.75, 3.05) is 20.2 Å². The van der Waals surface area contributed by atoms with Crippen LogP contribution in [-0.4, -0.2) is 41.3 Å². The molecule has 6 nitrogen and oxygen atoms in total. The number of halogens is 1. The lowest BCUT2D eigenvalue weighted by atomic mass is 9.99. The summed E-state index contributed by atoms with van der Waals surface area (Å²) in [6.07, 6.45) is 0.749. The lowest BCUT2D eigenvalue weighted by molar-refractivity contribution is -0.385. The first kappa shape index (κ1) is 15.6. The number of hydrogen-bond donors (Lipinski definition) is 0. The van der Waals surface area contributed by atoms with Gasteiger partial charge in [-0.3, -0.25) is 14.9 Å². The molecular weight excluding hydrogens is 296 g/mol. The number of likely N-dealkylation sites (tertiary alicyclic amines) is 1. The lowest BCUT2D eigenvalue weighted by Gasteiger charge is -2.34. The maximum absolute atomic E-state index is 12.5. The van der Waals surface area contributed by atoms with Crippen molar-refractivity contribution < 1.29 is 14.5 Å². The molecule has 2 rings (SSSR count). The predicted molar refractivity (Wildman–Crippen MR) is 79.0 cm³/mol. The number of alkyl halides is 1. The van der Waals surface area contributed by atoms with Crippen molar-refractivity contribution in [1.29, 1.82) is 0 Å². The number of benzene rings is 1. The van der Waals surface area contributed by atoms with Crippen LogP contribution >= 0.6 is 11.6 Å². The van der Waals surface area contributed by atoms with E-state index < -0.39 is 4.92 Å².